The van der Waals surface area contributed by atoms with Crippen LogP contribution in [-0.2, 0) is 0 Å². The van der Waals surface area contributed by atoms with E-state index in [0.717, 1.165) is 0 Å². The fourth-order valence-electron chi connectivity index (χ4n) is 1.90. The summed E-state index contributed by atoms with van der Waals surface area (Å²) >= 11 is 0. The van der Waals surface area contributed by atoms with Gasteiger partial charge in [0.1, 0.15) is 11.6 Å². The average molecular weight is 275 g/mol. The van der Waals surface area contributed by atoms with Crippen LogP contribution < -0.4 is 15.2 Å². The third-order valence-electron chi connectivity index (χ3n) is 2.83. The van der Waals surface area contributed by atoms with Crippen LogP contribution in [0.2, 0.25) is 0 Å². The first kappa shape index (κ1) is 14.3. The van der Waals surface area contributed by atoms with Gasteiger partial charge in [-0.3, -0.25) is 0 Å². The quantitative estimate of drug-likeness (QED) is 0.895. The second kappa shape index (κ2) is 6.39. The Balaban J connectivity index is 2.35. The summed E-state index contributed by atoms with van der Waals surface area (Å²) in [4.78, 5) is 0. The van der Waals surface area contributed by atoms with Crippen molar-refractivity contribution in [3.63, 3.8) is 0 Å². The van der Waals surface area contributed by atoms with Gasteiger partial charge in [0.15, 0.2) is 11.5 Å². The molecule has 0 aliphatic carbocycles. The maximum atomic E-state index is 13.3. The molecule has 0 saturated heterocycles. The molecule has 0 aromatic heterocycles. The molecule has 1 atom stereocenters. The lowest BCUT2D eigenvalue weighted by molar-refractivity contribution is 0.320. The van der Waals surface area contributed by atoms with E-state index >= 15 is 0 Å². The van der Waals surface area contributed by atoms with Gasteiger partial charge in [0.2, 0.25) is 0 Å². The van der Waals surface area contributed by atoms with E-state index in [9.17, 15) is 4.39 Å². The second-order valence-electron chi connectivity index (χ2n) is 4.45. The molecule has 2 N–H and O–H groups in total. The molecular weight excluding hydrogens is 257 g/mol. The van der Waals surface area contributed by atoms with Crippen LogP contribution in [-0.4, -0.2) is 6.61 Å². The summed E-state index contributed by atoms with van der Waals surface area (Å²) < 4.78 is 24.7. The maximum absolute atomic E-state index is 13.3. The number of hydrogen-bond donors (Lipinski definition) is 1. The Morgan fingerprint density at radius 3 is 2.45 bits per heavy atom. The smallest absolute Gasteiger partial charge is 0.169 e. The first-order valence-corrected chi connectivity index (χ1v) is 6.56. The number of rotatable bonds is 5. The monoisotopic (exact) mass is 275 g/mol. The predicted molar refractivity (Wildman–Crippen MR) is 76.7 cm³/mol. The van der Waals surface area contributed by atoms with Crippen molar-refractivity contribution in [1.82, 2.24) is 0 Å². The van der Waals surface area contributed by atoms with Gasteiger partial charge < -0.3 is 15.2 Å². The van der Waals surface area contributed by atoms with E-state index in [1.807, 2.05) is 25.1 Å². The summed E-state index contributed by atoms with van der Waals surface area (Å²) in [5, 5.41) is 0. The number of halogens is 1. The normalized spacial score (nSPS) is 12.0. The number of nitrogens with two attached hydrogens (primary N) is 1. The summed E-state index contributed by atoms with van der Waals surface area (Å²) in [5.41, 5.74) is 6.48. The van der Waals surface area contributed by atoms with Crippen molar-refractivity contribution in [2.24, 2.45) is 5.73 Å². The van der Waals surface area contributed by atoms with E-state index in [1.54, 1.807) is 19.1 Å². The van der Waals surface area contributed by atoms with Crippen LogP contribution in [0.1, 0.15) is 25.5 Å². The third-order valence-corrected chi connectivity index (χ3v) is 2.83. The van der Waals surface area contributed by atoms with Gasteiger partial charge in [-0.15, -0.1) is 0 Å². The molecule has 2 aromatic rings. The Labute approximate surface area is 118 Å². The fourth-order valence-corrected chi connectivity index (χ4v) is 1.90. The van der Waals surface area contributed by atoms with Crippen LogP contribution in [0.4, 0.5) is 4.39 Å². The molecule has 4 heteroatoms. The SMILES string of the molecule is CCOc1ccccc1Oc1ccc(F)cc1[C@@H](C)N. The Bertz CT molecular complexity index is 584. The summed E-state index contributed by atoms with van der Waals surface area (Å²) in [6.07, 6.45) is 0. The minimum absolute atomic E-state index is 0.319. The highest BCUT2D eigenvalue weighted by atomic mass is 19.1. The number of ether oxygens (including phenoxy) is 2. The largest absolute Gasteiger partial charge is 0.490 e. The lowest BCUT2D eigenvalue weighted by atomic mass is 10.1. The topological polar surface area (TPSA) is 44.5 Å². The van der Waals surface area contributed by atoms with Crippen LogP contribution in [0, 0.1) is 5.82 Å². The van der Waals surface area contributed by atoms with Crippen molar-refractivity contribution in [3.05, 3.63) is 53.8 Å². The number of hydrogen-bond acceptors (Lipinski definition) is 3. The van der Waals surface area contributed by atoms with Crippen molar-refractivity contribution in [1.29, 1.82) is 0 Å². The number of benzene rings is 2. The van der Waals surface area contributed by atoms with Crippen molar-refractivity contribution in [3.8, 4) is 17.2 Å². The zero-order valence-corrected chi connectivity index (χ0v) is 11.6. The van der Waals surface area contributed by atoms with E-state index in [0.29, 0.717) is 29.4 Å². The molecule has 0 aliphatic rings. The van der Waals surface area contributed by atoms with Gasteiger partial charge in [0.05, 0.1) is 6.61 Å². The molecule has 20 heavy (non-hydrogen) atoms. The molecule has 0 bridgehead atoms. The van der Waals surface area contributed by atoms with E-state index in [-0.39, 0.29) is 11.9 Å². The second-order valence-corrected chi connectivity index (χ2v) is 4.45. The van der Waals surface area contributed by atoms with Crippen molar-refractivity contribution in [2.45, 2.75) is 19.9 Å². The summed E-state index contributed by atoms with van der Waals surface area (Å²) in [6, 6.07) is 11.4. The summed E-state index contributed by atoms with van der Waals surface area (Å²) in [7, 11) is 0. The summed E-state index contributed by atoms with van der Waals surface area (Å²) in [6.45, 7) is 4.24. The first-order chi connectivity index (χ1) is 9.61. The van der Waals surface area contributed by atoms with E-state index < -0.39 is 0 Å². The minimum Gasteiger partial charge on any atom is -0.490 e. The third kappa shape index (κ3) is 3.27. The van der Waals surface area contributed by atoms with Crippen LogP contribution in [0.5, 0.6) is 17.2 Å². The Hall–Kier alpha value is -2.07. The Morgan fingerprint density at radius 1 is 1.10 bits per heavy atom. The molecule has 3 nitrogen and oxygen atoms in total. The van der Waals surface area contributed by atoms with E-state index in [2.05, 4.69) is 0 Å². The lowest BCUT2D eigenvalue weighted by Crippen LogP contribution is -2.07. The Kier molecular flexibility index (Phi) is 4.58. The molecule has 0 amide bonds. The van der Waals surface area contributed by atoms with Crippen molar-refractivity contribution >= 4 is 0 Å². The fraction of sp³-hybridized carbons (Fsp3) is 0.250. The van der Waals surface area contributed by atoms with Gasteiger partial charge in [-0.05, 0) is 44.2 Å². The molecule has 0 aliphatic heterocycles. The predicted octanol–water partition coefficient (Wildman–Crippen LogP) is 4.04. The standard InChI is InChI=1S/C16H18FNO2/c1-3-19-15-6-4-5-7-16(15)20-14-9-8-12(17)10-13(14)11(2)18/h4-11H,3,18H2,1-2H3/t11-/m1/s1. The van der Waals surface area contributed by atoms with E-state index in [1.165, 1.54) is 12.1 Å². The van der Waals surface area contributed by atoms with Gasteiger partial charge in [-0.25, -0.2) is 4.39 Å². The van der Waals surface area contributed by atoms with Crippen LogP contribution in [0.15, 0.2) is 42.5 Å². The van der Waals surface area contributed by atoms with Gasteiger partial charge in [-0.1, -0.05) is 12.1 Å². The van der Waals surface area contributed by atoms with E-state index in [4.69, 9.17) is 15.2 Å². The molecule has 0 heterocycles. The molecular formula is C16H18FNO2. The molecule has 0 radical (unpaired) electrons. The lowest BCUT2D eigenvalue weighted by Gasteiger charge is -2.16. The van der Waals surface area contributed by atoms with Crippen LogP contribution in [0.3, 0.4) is 0 Å². The van der Waals surface area contributed by atoms with Crippen molar-refractivity contribution in [2.75, 3.05) is 6.61 Å². The Morgan fingerprint density at radius 2 is 1.80 bits per heavy atom. The van der Waals surface area contributed by atoms with Crippen LogP contribution in [0.25, 0.3) is 0 Å². The zero-order chi connectivity index (χ0) is 14.5. The highest BCUT2D eigenvalue weighted by Crippen LogP contribution is 2.34. The highest BCUT2D eigenvalue weighted by molar-refractivity contribution is 5.45. The van der Waals surface area contributed by atoms with Gasteiger partial charge in [0, 0.05) is 11.6 Å². The molecule has 2 aromatic carbocycles. The average Bonchev–Trinajstić information content (AvgIpc) is 2.43. The molecule has 0 unspecified atom stereocenters. The molecule has 106 valence electrons. The van der Waals surface area contributed by atoms with Gasteiger partial charge >= 0.3 is 0 Å². The zero-order valence-electron chi connectivity index (χ0n) is 11.6. The summed E-state index contributed by atoms with van der Waals surface area (Å²) in [5.74, 6) is 1.44. The molecule has 0 saturated carbocycles. The molecule has 0 fully saturated rings. The molecule has 2 rings (SSSR count). The van der Waals surface area contributed by atoms with Crippen LogP contribution >= 0.6 is 0 Å². The highest BCUT2D eigenvalue weighted by Gasteiger charge is 2.12. The maximum Gasteiger partial charge on any atom is 0.169 e. The molecule has 0 spiro atoms. The number of para-hydroxylation sites is 2. The van der Waals surface area contributed by atoms with Gasteiger partial charge in [-0.2, -0.15) is 0 Å². The minimum atomic E-state index is -0.331. The first-order valence-electron chi connectivity index (χ1n) is 6.56. The van der Waals surface area contributed by atoms with Crippen molar-refractivity contribution < 1.29 is 13.9 Å². The van der Waals surface area contributed by atoms with Gasteiger partial charge in [0.25, 0.3) is 0 Å².